The van der Waals surface area contributed by atoms with Crippen molar-refractivity contribution in [2.75, 3.05) is 19.6 Å². The van der Waals surface area contributed by atoms with Crippen molar-refractivity contribution < 1.29 is 0 Å². The fourth-order valence-electron chi connectivity index (χ4n) is 1.11. The van der Waals surface area contributed by atoms with Gasteiger partial charge in [-0.25, -0.2) is 0 Å². The van der Waals surface area contributed by atoms with Crippen LogP contribution >= 0.6 is 12.4 Å². The molecule has 1 saturated heterocycles. The summed E-state index contributed by atoms with van der Waals surface area (Å²) < 4.78 is 0. The predicted molar refractivity (Wildman–Crippen MR) is 42.0 cm³/mol. The van der Waals surface area contributed by atoms with Gasteiger partial charge in [-0.15, -0.1) is 12.4 Å². The Labute approximate surface area is 62.8 Å². The Balaban J connectivity index is 0.000000640. The fraction of sp³-hybridized carbons (Fsp3) is 1.00. The lowest BCUT2D eigenvalue weighted by Gasteiger charge is -2.36. The molecule has 0 aromatic rings. The Hall–Kier alpha value is 0.210. The Morgan fingerprint density at radius 3 is 2.44 bits per heavy atom. The molecule has 0 radical (unpaired) electrons. The third-order valence-corrected chi connectivity index (χ3v) is 1.53. The van der Waals surface area contributed by atoms with E-state index in [0.717, 1.165) is 13.1 Å². The highest BCUT2D eigenvalue weighted by atomic mass is 35.5. The molecule has 2 nitrogen and oxygen atoms in total. The van der Waals surface area contributed by atoms with E-state index >= 15 is 0 Å². The maximum absolute atomic E-state index is 5.56. The molecular weight excluding hydrogens is 136 g/mol. The van der Waals surface area contributed by atoms with Gasteiger partial charge in [-0.3, -0.25) is 0 Å². The van der Waals surface area contributed by atoms with Gasteiger partial charge in [-0.2, -0.15) is 0 Å². The minimum Gasteiger partial charge on any atom is -0.325 e. The summed E-state index contributed by atoms with van der Waals surface area (Å²) in [5, 5.41) is 0. The van der Waals surface area contributed by atoms with Crippen LogP contribution in [0.3, 0.4) is 0 Å². The molecule has 9 heavy (non-hydrogen) atoms. The lowest BCUT2D eigenvalue weighted by atomic mass is 10.1. The van der Waals surface area contributed by atoms with Crippen LogP contribution in [0, 0.1) is 0 Å². The predicted octanol–water partition coefficient (Wildman–Crippen LogP) is 0.461. The Bertz CT molecular complexity index is 68.7. The van der Waals surface area contributed by atoms with Crippen molar-refractivity contribution in [3.8, 4) is 0 Å². The average Bonchev–Trinajstić information content (AvgIpc) is 1.64. The highest BCUT2D eigenvalue weighted by Gasteiger charge is 2.20. The summed E-state index contributed by atoms with van der Waals surface area (Å²) >= 11 is 0. The standard InChI is InChI=1S/C6H14N2.ClH/c1-2-3-8-4-6(7)5-8;/h6H,2-5,7H2,1H3;1H. The summed E-state index contributed by atoms with van der Waals surface area (Å²) in [4.78, 5) is 2.38. The molecule has 0 spiro atoms. The highest BCUT2D eigenvalue weighted by Crippen LogP contribution is 2.04. The first-order valence-corrected chi connectivity index (χ1v) is 3.31. The van der Waals surface area contributed by atoms with Gasteiger partial charge in [0.1, 0.15) is 0 Å². The molecule has 2 N–H and O–H groups in total. The van der Waals surface area contributed by atoms with E-state index in [4.69, 9.17) is 5.73 Å². The number of nitrogens with zero attached hydrogens (tertiary/aromatic N) is 1. The smallest absolute Gasteiger partial charge is 0.0297 e. The minimum absolute atomic E-state index is 0. The van der Waals surface area contributed by atoms with Crippen LogP contribution in [0.2, 0.25) is 0 Å². The second-order valence-corrected chi connectivity index (χ2v) is 2.52. The first-order chi connectivity index (χ1) is 3.83. The first-order valence-electron chi connectivity index (χ1n) is 3.31. The number of likely N-dealkylation sites (tertiary alicyclic amines) is 1. The average molecular weight is 151 g/mol. The van der Waals surface area contributed by atoms with Crippen molar-refractivity contribution in [1.82, 2.24) is 4.90 Å². The largest absolute Gasteiger partial charge is 0.325 e. The van der Waals surface area contributed by atoms with E-state index < -0.39 is 0 Å². The van der Waals surface area contributed by atoms with Crippen LogP contribution in [-0.2, 0) is 0 Å². The van der Waals surface area contributed by atoms with Crippen LogP contribution in [0.1, 0.15) is 13.3 Å². The Morgan fingerprint density at radius 2 is 2.11 bits per heavy atom. The SMILES string of the molecule is CCCN1CC(N)C1.Cl. The van der Waals surface area contributed by atoms with Crippen LogP contribution in [0.4, 0.5) is 0 Å². The van der Waals surface area contributed by atoms with Gasteiger partial charge in [0, 0.05) is 19.1 Å². The number of hydrogen-bond donors (Lipinski definition) is 1. The molecule has 0 bridgehead atoms. The quantitative estimate of drug-likeness (QED) is 0.620. The molecule has 0 saturated carbocycles. The van der Waals surface area contributed by atoms with Crippen LogP contribution in [-0.4, -0.2) is 30.6 Å². The summed E-state index contributed by atoms with van der Waals surface area (Å²) in [5.41, 5.74) is 5.56. The molecule has 1 aliphatic heterocycles. The van der Waals surface area contributed by atoms with Crippen LogP contribution in [0.25, 0.3) is 0 Å². The van der Waals surface area contributed by atoms with Gasteiger partial charge in [0.25, 0.3) is 0 Å². The molecular formula is C6H15ClN2. The van der Waals surface area contributed by atoms with E-state index in [1.165, 1.54) is 13.0 Å². The maximum atomic E-state index is 5.56. The van der Waals surface area contributed by atoms with Crippen molar-refractivity contribution in [3.63, 3.8) is 0 Å². The first kappa shape index (κ1) is 9.21. The van der Waals surface area contributed by atoms with Crippen molar-refractivity contribution in [2.45, 2.75) is 19.4 Å². The summed E-state index contributed by atoms with van der Waals surface area (Å²) in [7, 11) is 0. The normalized spacial score (nSPS) is 20.7. The monoisotopic (exact) mass is 150 g/mol. The van der Waals surface area contributed by atoms with E-state index in [-0.39, 0.29) is 12.4 Å². The van der Waals surface area contributed by atoms with Crippen molar-refractivity contribution in [1.29, 1.82) is 0 Å². The van der Waals surface area contributed by atoms with Crippen LogP contribution < -0.4 is 5.73 Å². The summed E-state index contributed by atoms with van der Waals surface area (Å²) in [6.45, 7) is 5.67. The summed E-state index contributed by atoms with van der Waals surface area (Å²) in [5.74, 6) is 0. The molecule has 0 amide bonds. The lowest BCUT2D eigenvalue weighted by Crippen LogP contribution is -2.55. The topological polar surface area (TPSA) is 29.3 Å². The molecule has 1 rings (SSSR count). The van der Waals surface area contributed by atoms with Gasteiger partial charge in [0.15, 0.2) is 0 Å². The zero-order valence-corrected chi connectivity index (χ0v) is 6.66. The zero-order chi connectivity index (χ0) is 5.98. The second-order valence-electron chi connectivity index (χ2n) is 2.52. The van der Waals surface area contributed by atoms with Crippen LogP contribution in [0.15, 0.2) is 0 Å². The molecule has 0 aliphatic carbocycles. The third-order valence-electron chi connectivity index (χ3n) is 1.53. The molecule has 0 unspecified atom stereocenters. The molecule has 1 aliphatic rings. The molecule has 56 valence electrons. The number of hydrogen-bond acceptors (Lipinski definition) is 2. The van der Waals surface area contributed by atoms with Gasteiger partial charge >= 0.3 is 0 Å². The molecule has 1 heterocycles. The minimum atomic E-state index is 0. The van der Waals surface area contributed by atoms with Crippen LogP contribution in [0.5, 0.6) is 0 Å². The van der Waals surface area contributed by atoms with E-state index in [1.54, 1.807) is 0 Å². The summed E-state index contributed by atoms with van der Waals surface area (Å²) in [6.07, 6.45) is 1.26. The van der Waals surface area contributed by atoms with E-state index in [9.17, 15) is 0 Å². The van der Waals surface area contributed by atoms with Crippen molar-refractivity contribution in [3.05, 3.63) is 0 Å². The van der Waals surface area contributed by atoms with Gasteiger partial charge in [0.05, 0.1) is 0 Å². The zero-order valence-electron chi connectivity index (χ0n) is 5.84. The molecule has 0 atom stereocenters. The highest BCUT2D eigenvalue weighted by molar-refractivity contribution is 5.85. The molecule has 0 aromatic heterocycles. The summed E-state index contributed by atoms with van der Waals surface area (Å²) in [6, 6.07) is 0.474. The third kappa shape index (κ3) is 2.52. The van der Waals surface area contributed by atoms with Crippen molar-refractivity contribution in [2.24, 2.45) is 5.73 Å². The molecule has 3 heteroatoms. The number of halogens is 1. The maximum Gasteiger partial charge on any atom is 0.0297 e. The van der Waals surface area contributed by atoms with Gasteiger partial charge in [0.2, 0.25) is 0 Å². The number of rotatable bonds is 2. The molecule has 1 fully saturated rings. The van der Waals surface area contributed by atoms with E-state index in [1.807, 2.05) is 0 Å². The van der Waals surface area contributed by atoms with E-state index in [2.05, 4.69) is 11.8 Å². The Morgan fingerprint density at radius 1 is 1.56 bits per heavy atom. The van der Waals surface area contributed by atoms with Crippen molar-refractivity contribution >= 4 is 12.4 Å². The lowest BCUT2D eigenvalue weighted by molar-refractivity contribution is 0.151. The fourth-order valence-corrected chi connectivity index (χ4v) is 1.11. The van der Waals surface area contributed by atoms with Gasteiger partial charge < -0.3 is 10.6 Å². The molecule has 0 aromatic carbocycles. The number of nitrogens with two attached hydrogens (primary N) is 1. The van der Waals surface area contributed by atoms with E-state index in [0.29, 0.717) is 6.04 Å². The Kier molecular flexibility index (Phi) is 4.19. The second kappa shape index (κ2) is 4.09. The van der Waals surface area contributed by atoms with Gasteiger partial charge in [-0.1, -0.05) is 6.92 Å². The van der Waals surface area contributed by atoms with Gasteiger partial charge in [-0.05, 0) is 13.0 Å².